The van der Waals surface area contributed by atoms with Crippen LogP contribution in [-0.4, -0.2) is 83.8 Å². The van der Waals surface area contributed by atoms with Crippen molar-refractivity contribution in [2.45, 2.75) is 97.2 Å². The standard InChI is InChI=1S/C25H43NO7/c1-13-9-10-20(28)14(2)11-15(3)22(17(5)24(30)32-23(13)18(6)27)33-25-21(29)19(26(7)8)12-16(4)31-25/h9-10,13-19,21-23,25,27,29H,11-12H2,1-8H3. The van der Waals surface area contributed by atoms with Crippen LogP contribution in [0.2, 0.25) is 0 Å². The third-order valence-electron chi connectivity index (χ3n) is 7.01. The maximum atomic E-state index is 13.1. The van der Waals surface area contributed by atoms with Crippen molar-refractivity contribution < 1.29 is 34.0 Å². The molecule has 0 radical (unpaired) electrons. The number of allylic oxidation sites excluding steroid dienone is 1. The summed E-state index contributed by atoms with van der Waals surface area (Å²) in [5.41, 5.74) is 0. The van der Waals surface area contributed by atoms with E-state index in [1.54, 1.807) is 26.8 Å². The molecule has 2 aliphatic rings. The van der Waals surface area contributed by atoms with E-state index in [-0.39, 0.29) is 35.7 Å². The number of aliphatic hydroxyl groups is 2. The molecule has 8 nitrogen and oxygen atoms in total. The molecular weight excluding hydrogens is 426 g/mol. The second-order valence-corrected chi connectivity index (χ2v) is 10.3. The minimum Gasteiger partial charge on any atom is -0.459 e. The van der Waals surface area contributed by atoms with Gasteiger partial charge >= 0.3 is 5.97 Å². The van der Waals surface area contributed by atoms with Crippen molar-refractivity contribution in [1.29, 1.82) is 0 Å². The fourth-order valence-electron chi connectivity index (χ4n) is 4.90. The van der Waals surface area contributed by atoms with Gasteiger partial charge in [0.2, 0.25) is 0 Å². The van der Waals surface area contributed by atoms with Crippen LogP contribution in [0.25, 0.3) is 0 Å². The topological polar surface area (TPSA) is 106 Å². The van der Waals surface area contributed by atoms with E-state index in [2.05, 4.69) is 0 Å². The minimum atomic E-state index is -0.908. The highest BCUT2D eigenvalue weighted by Gasteiger charge is 2.43. The Kier molecular flexibility index (Phi) is 10.1. The van der Waals surface area contributed by atoms with Crippen LogP contribution < -0.4 is 0 Å². The molecule has 2 aliphatic heterocycles. The molecule has 190 valence electrons. The minimum absolute atomic E-state index is 0.0217. The molecule has 8 heteroatoms. The third-order valence-corrected chi connectivity index (χ3v) is 7.01. The highest BCUT2D eigenvalue weighted by atomic mass is 16.7. The molecule has 2 rings (SSSR count). The molecule has 0 saturated carbocycles. The summed E-state index contributed by atoms with van der Waals surface area (Å²) in [6.07, 6.45) is 0.131. The zero-order chi connectivity index (χ0) is 25.0. The first-order chi connectivity index (χ1) is 15.3. The zero-order valence-corrected chi connectivity index (χ0v) is 21.3. The number of hydrogen-bond donors (Lipinski definition) is 2. The molecule has 0 bridgehead atoms. The van der Waals surface area contributed by atoms with Gasteiger partial charge in [-0.1, -0.05) is 26.8 Å². The molecule has 0 aromatic rings. The summed E-state index contributed by atoms with van der Waals surface area (Å²) >= 11 is 0. The van der Waals surface area contributed by atoms with Crippen molar-refractivity contribution in [3.05, 3.63) is 12.2 Å². The largest absolute Gasteiger partial charge is 0.459 e. The van der Waals surface area contributed by atoms with Crippen LogP contribution in [0.15, 0.2) is 12.2 Å². The van der Waals surface area contributed by atoms with Crippen molar-refractivity contribution in [1.82, 2.24) is 4.90 Å². The Bertz CT molecular complexity index is 694. The molecule has 0 aromatic carbocycles. The molecule has 2 heterocycles. The van der Waals surface area contributed by atoms with Crippen LogP contribution in [0, 0.1) is 23.7 Å². The summed E-state index contributed by atoms with van der Waals surface area (Å²) in [6.45, 7) is 10.8. The highest BCUT2D eigenvalue weighted by molar-refractivity contribution is 5.91. The zero-order valence-electron chi connectivity index (χ0n) is 21.3. The van der Waals surface area contributed by atoms with E-state index in [0.29, 0.717) is 12.8 Å². The molecule has 0 spiro atoms. The lowest BCUT2D eigenvalue weighted by Crippen LogP contribution is -2.56. The van der Waals surface area contributed by atoms with Gasteiger partial charge in [-0.05, 0) is 59.7 Å². The Labute approximate surface area is 198 Å². The van der Waals surface area contributed by atoms with E-state index >= 15 is 0 Å². The second-order valence-electron chi connectivity index (χ2n) is 10.3. The SMILES string of the molecule is CC1CC(N(C)C)C(O)C(OC2C(C)CC(C)C(=O)C=CC(C)C(C(C)O)OC(=O)C2C)O1. The monoisotopic (exact) mass is 469 g/mol. The predicted molar refractivity (Wildman–Crippen MR) is 124 cm³/mol. The number of carbonyl (C=O) groups is 2. The van der Waals surface area contributed by atoms with Crippen molar-refractivity contribution in [2.75, 3.05) is 14.1 Å². The van der Waals surface area contributed by atoms with E-state index < -0.39 is 42.6 Å². The maximum Gasteiger partial charge on any atom is 0.311 e. The quantitative estimate of drug-likeness (QED) is 0.604. The average Bonchev–Trinajstić information content (AvgIpc) is 2.73. The van der Waals surface area contributed by atoms with Crippen LogP contribution in [0.5, 0.6) is 0 Å². The number of hydrogen-bond acceptors (Lipinski definition) is 8. The van der Waals surface area contributed by atoms with Gasteiger partial charge in [-0.15, -0.1) is 0 Å². The van der Waals surface area contributed by atoms with Crippen molar-refractivity contribution in [3.63, 3.8) is 0 Å². The summed E-state index contributed by atoms with van der Waals surface area (Å²) in [6, 6.07) is -0.145. The van der Waals surface area contributed by atoms with Crippen LogP contribution in [0.1, 0.15) is 54.4 Å². The molecule has 0 amide bonds. The molecule has 33 heavy (non-hydrogen) atoms. The van der Waals surface area contributed by atoms with Crippen molar-refractivity contribution in [2.24, 2.45) is 23.7 Å². The molecule has 1 saturated heterocycles. The van der Waals surface area contributed by atoms with Gasteiger partial charge in [0.05, 0.1) is 24.2 Å². The summed E-state index contributed by atoms with van der Waals surface area (Å²) in [5.74, 6) is -1.99. The summed E-state index contributed by atoms with van der Waals surface area (Å²) < 4.78 is 18.0. The average molecular weight is 470 g/mol. The second kappa shape index (κ2) is 11.9. The van der Waals surface area contributed by atoms with Gasteiger partial charge in [-0.3, -0.25) is 9.59 Å². The first-order valence-corrected chi connectivity index (χ1v) is 12.1. The van der Waals surface area contributed by atoms with Gasteiger partial charge in [0, 0.05) is 17.9 Å². The smallest absolute Gasteiger partial charge is 0.311 e. The summed E-state index contributed by atoms with van der Waals surface area (Å²) in [4.78, 5) is 27.8. The van der Waals surface area contributed by atoms with E-state index in [4.69, 9.17) is 14.2 Å². The number of nitrogens with zero attached hydrogens (tertiary/aromatic N) is 1. The van der Waals surface area contributed by atoms with Gasteiger partial charge in [0.15, 0.2) is 12.1 Å². The number of aliphatic hydroxyl groups excluding tert-OH is 2. The number of esters is 1. The first-order valence-electron chi connectivity index (χ1n) is 12.1. The highest BCUT2D eigenvalue weighted by Crippen LogP contribution is 2.32. The number of rotatable bonds is 4. The van der Waals surface area contributed by atoms with Gasteiger partial charge in [0.1, 0.15) is 12.2 Å². The number of ether oxygens (including phenoxy) is 3. The number of likely N-dealkylation sites (N-methyl/N-ethyl adjacent to an activating group) is 1. The molecule has 2 N–H and O–H groups in total. The van der Waals surface area contributed by atoms with Crippen LogP contribution >= 0.6 is 0 Å². The van der Waals surface area contributed by atoms with Crippen molar-refractivity contribution in [3.8, 4) is 0 Å². The fraction of sp³-hybridized carbons (Fsp3) is 0.840. The lowest BCUT2D eigenvalue weighted by molar-refractivity contribution is -0.279. The lowest BCUT2D eigenvalue weighted by atomic mass is 9.84. The Morgan fingerprint density at radius 1 is 1.12 bits per heavy atom. The van der Waals surface area contributed by atoms with E-state index in [9.17, 15) is 19.8 Å². The summed E-state index contributed by atoms with van der Waals surface area (Å²) in [5, 5.41) is 21.1. The van der Waals surface area contributed by atoms with Gasteiger partial charge < -0.3 is 29.3 Å². The van der Waals surface area contributed by atoms with E-state index in [0.717, 1.165) is 0 Å². The van der Waals surface area contributed by atoms with E-state index in [1.807, 2.05) is 39.8 Å². The Hall–Kier alpha value is -1.32. The molecule has 1 fully saturated rings. The van der Waals surface area contributed by atoms with Crippen LogP contribution in [0.3, 0.4) is 0 Å². The van der Waals surface area contributed by atoms with Gasteiger partial charge in [-0.2, -0.15) is 0 Å². The third kappa shape index (κ3) is 7.09. The van der Waals surface area contributed by atoms with Crippen LogP contribution in [0.4, 0.5) is 0 Å². The molecule has 0 aromatic heterocycles. The van der Waals surface area contributed by atoms with Gasteiger partial charge in [-0.25, -0.2) is 0 Å². The Balaban J connectivity index is 2.35. The number of carbonyl (C=O) groups excluding carboxylic acids is 2. The Morgan fingerprint density at radius 3 is 2.33 bits per heavy atom. The summed E-state index contributed by atoms with van der Waals surface area (Å²) in [7, 11) is 3.81. The van der Waals surface area contributed by atoms with Gasteiger partial charge in [0.25, 0.3) is 0 Å². The number of cyclic esters (lactones) is 1. The molecule has 0 aliphatic carbocycles. The molecule has 11 atom stereocenters. The molecular formula is C25H43NO7. The number of ketones is 1. The van der Waals surface area contributed by atoms with Crippen LogP contribution in [-0.2, 0) is 23.8 Å². The fourth-order valence-corrected chi connectivity index (χ4v) is 4.90. The molecule has 11 unspecified atom stereocenters. The maximum absolute atomic E-state index is 13.1. The van der Waals surface area contributed by atoms with E-state index in [1.165, 1.54) is 6.08 Å². The van der Waals surface area contributed by atoms with Crippen molar-refractivity contribution >= 4 is 11.8 Å². The Morgan fingerprint density at radius 2 is 1.76 bits per heavy atom. The normalized spacial score (nSPS) is 42.4. The lowest BCUT2D eigenvalue weighted by Gasteiger charge is -2.43. The first kappa shape index (κ1) is 27.9. The predicted octanol–water partition coefficient (Wildman–Crippen LogP) is 2.16.